The van der Waals surface area contributed by atoms with Gasteiger partial charge in [-0.05, 0) is 49.9 Å². The van der Waals surface area contributed by atoms with Gasteiger partial charge < -0.3 is 25.6 Å². The van der Waals surface area contributed by atoms with Crippen molar-refractivity contribution in [3.05, 3.63) is 24.3 Å². The van der Waals surface area contributed by atoms with E-state index in [1.165, 1.54) is 0 Å². The van der Waals surface area contributed by atoms with Crippen LogP contribution >= 0.6 is 12.4 Å². The summed E-state index contributed by atoms with van der Waals surface area (Å²) in [5.41, 5.74) is 0.690. The van der Waals surface area contributed by atoms with Crippen LogP contribution in [0.5, 0.6) is 5.75 Å². The van der Waals surface area contributed by atoms with Crippen molar-refractivity contribution >= 4 is 24.0 Å². The molecule has 134 valence electrons. The Balaban J connectivity index is 0.00000208. The molecule has 1 aliphatic heterocycles. The number of benzene rings is 1. The molecular formula is C17H25ClN2O4. The number of aliphatic hydroxyl groups excluding tert-OH is 2. The van der Waals surface area contributed by atoms with Gasteiger partial charge in [-0.1, -0.05) is 6.42 Å². The van der Waals surface area contributed by atoms with E-state index in [1.807, 2.05) is 0 Å². The number of rotatable bonds is 4. The number of hydrogen-bond donors (Lipinski definition) is 4. The third-order valence-electron chi connectivity index (χ3n) is 4.50. The van der Waals surface area contributed by atoms with Crippen molar-refractivity contribution in [1.29, 1.82) is 0 Å². The van der Waals surface area contributed by atoms with Crippen molar-refractivity contribution in [3.63, 3.8) is 0 Å². The summed E-state index contributed by atoms with van der Waals surface area (Å²) in [5.74, 6) is 0.557. The molecule has 1 aromatic rings. The van der Waals surface area contributed by atoms with Gasteiger partial charge in [0.15, 0.2) is 0 Å². The van der Waals surface area contributed by atoms with E-state index in [4.69, 9.17) is 4.74 Å². The van der Waals surface area contributed by atoms with Crippen LogP contribution in [-0.2, 0) is 4.79 Å². The van der Waals surface area contributed by atoms with Crippen molar-refractivity contribution in [3.8, 4) is 5.75 Å². The molecule has 1 aliphatic carbocycles. The molecule has 0 aromatic heterocycles. The first-order valence-corrected chi connectivity index (χ1v) is 8.29. The summed E-state index contributed by atoms with van der Waals surface area (Å²) in [7, 11) is 0. The molecule has 7 heteroatoms. The van der Waals surface area contributed by atoms with Crippen molar-refractivity contribution in [1.82, 2.24) is 5.32 Å². The van der Waals surface area contributed by atoms with E-state index < -0.39 is 12.2 Å². The van der Waals surface area contributed by atoms with Crippen LogP contribution in [0, 0.1) is 0 Å². The number of hydrogen-bond acceptors (Lipinski definition) is 5. The van der Waals surface area contributed by atoms with Crippen LogP contribution in [0.25, 0.3) is 0 Å². The fourth-order valence-electron chi connectivity index (χ4n) is 3.15. The van der Waals surface area contributed by atoms with Crippen LogP contribution in [0.3, 0.4) is 0 Å². The van der Waals surface area contributed by atoms with E-state index in [-0.39, 0.29) is 30.5 Å². The number of aliphatic hydroxyl groups is 2. The largest absolute Gasteiger partial charge is 0.488 e. The quantitative estimate of drug-likeness (QED) is 0.655. The third kappa shape index (κ3) is 4.83. The highest BCUT2D eigenvalue weighted by Crippen LogP contribution is 2.25. The van der Waals surface area contributed by atoms with Crippen molar-refractivity contribution in [2.45, 2.75) is 56.5 Å². The molecule has 4 N–H and O–H groups in total. The minimum Gasteiger partial charge on any atom is -0.488 e. The van der Waals surface area contributed by atoms with E-state index in [1.54, 1.807) is 24.3 Å². The summed E-state index contributed by atoms with van der Waals surface area (Å²) in [6, 6.07) is 6.82. The highest BCUT2D eigenvalue weighted by atomic mass is 35.5. The SMILES string of the molecule is Cl.O=C(Nc1ccc(OC2CCCCC2O)cc1)[C@H]1C[C@@H](O)CN1. The number of nitrogens with one attached hydrogen (secondary N) is 2. The first kappa shape index (κ1) is 19.0. The molecule has 1 aromatic carbocycles. The normalized spacial score (nSPS) is 29.6. The molecule has 1 amide bonds. The minimum atomic E-state index is -0.455. The zero-order valence-corrected chi connectivity index (χ0v) is 14.3. The first-order chi connectivity index (χ1) is 11.1. The summed E-state index contributed by atoms with van der Waals surface area (Å²) in [4.78, 5) is 12.1. The Morgan fingerprint density at radius 2 is 1.88 bits per heavy atom. The second-order valence-electron chi connectivity index (χ2n) is 6.37. The number of carbonyl (C=O) groups excluding carboxylic acids is 1. The maximum Gasteiger partial charge on any atom is 0.241 e. The van der Waals surface area contributed by atoms with Gasteiger partial charge >= 0.3 is 0 Å². The Bertz CT molecular complexity index is 540. The highest BCUT2D eigenvalue weighted by molar-refractivity contribution is 5.95. The lowest BCUT2D eigenvalue weighted by Crippen LogP contribution is -2.35. The Hall–Kier alpha value is -1.34. The molecule has 6 nitrogen and oxygen atoms in total. The van der Waals surface area contributed by atoms with Gasteiger partial charge in [0.05, 0.1) is 18.2 Å². The van der Waals surface area contributed by atoms with E-state index in [0.717, 1.165) is 25.7 Å². The van der Waals surface area contributed by atoms with Gasteiger partial charge in [-0.3, -0.25) is 4.79 Å². The molecule has 0 spiro atoms. The van der Waals surface area contributed by atoms with Gasteiger partial charge in [-0.15, -0.1) is 12.4 Å². The van der Waals surface area contributed by atoms with Gasteiger partial charge in [0.2, 0.25) is 5.91 Å². The number of anilines is 1. The topological polar surface area (TPSA) is 90.8 Å². The fourth-order valence-corrected chi connectivity index (χ4v) is 3.15. The minimum absolute atomic E-state index is 0. The average Bonchev–Trinajstić information content (AvgIpc) is 2.98. The first-order valence-electron chi connectivity index (χ1n) is 8.29. The van der Waals surface area contributed by atoms with E-state index >= 15 is 0 Å². The van der Waals surface area contributed by atoms with Gasteiger partial charge in [0, 0.05) is 12.2 Å². The lowest BCUT2D eigenvalue weighted by Gasteiger charge is -2.28. The van der Waals surface area contributed by atoms with Crippen LogP contribution < -0.4 is 15.4 Å². The standard InChI is InChI=1S/C17H24N2O4.ClH/c20-12-9-14(18-10-12)17(22)19-11-5-7-13(8-6-11)23-16-4-2-1-3-15(16)21;/h5-8,12,14-16,18,20-21H,1-4,9-10H2,(H,19,22);1H/t12-,14-,15?,16?;/m1./s1. The van der Waals surface area contributed by atoms with E-state index in [2.05, 4.69) is 10.6 Å². The van der Waals surface area contributed by atoms with Gasteiger partial charge in [0.1, 0.15) is 11.9 Å². The van der Waals surface area contributed by atoms with Crippen LogP contribution in [0.2, 0.25) is 0 Å². The molecule has 1 heterocycles. The Morgan fingerprint density at radius 3 is 2.50 bits per heavy atom. The molecule has 1 saturated carbocycles. The molecule has 3 rings (SSSR count). The maximum absolute atomic E-state index is 12.1. The predicted octanol–water partition coefficient (Wildman–Crippen LogP) is 1.45. The molecule has 2 unspecified atom stereocenters. The molecule has 2 aliphatic rings. The Labute approximate surface area is 148 Å². The Kier molecular flexibility index (Phi) is 6.86. The smallest absolute Gasteiger partial charge is 0.241 e. The highest BCUT2D eigenvalue weighted by Gasteiger charge is 2.28. The van der Waals surface area contributed by atoms with Crippen LogP contribution in [0.1, 0.15) is 32.1 Å². The number of carbonyl (C=O) groups is 1. The van der Waals surface area contributed by atoms with E-state index in [0.29, 0.717) is 24.4 Å². The van der Waals surface area contributed by atoms with Crippen LogP contribution in [-0.4, -0.2) is 47.0 Å². The zero-order chi connectivity index (χ0) is 16.2. The number of β-amino-alcohol motifs (C(OH)–C–C–N with tert-alkyl or cyclic N) is 1. The Morgan fingerprint density at radius 1 is 1.17 bits per heavy atom. The zero-order valence-electron chi connectivity index (χ0n) is 13.5. The van der Waals surface area contributed by atoms with Gasteiger partial charge in [-0.2, -0.15) is 0 Å². The van der Waals surface area contributed by atoms with Crippen molar-refractivity contribution in [2.75, 3.05) is 11.9 Å². The molecule has 24 heavy (non-hydrogen) atoms. The monoisotopic (exact) mass is 356 g/mol. The summed E-state index contributed by atoms with van der Waals surface area (Å²) >= 11 is 0. The van der Waals surface area contributed by atoms with E-state index in [9.17, 15) is 15.0 Å². The summed E-state index contributed by atoms with van der Waals surface area (Å²) in [6.07, 6.45) is 3.23. The number of ether oxygens (including phenoxy) is 1. The van der Waals surface area contributed by atoms with Crippen molar-refractivity contribution in [2.24, 2.45) is 0 Å². The lowest BCUT2D eigenvalue weighted by atomic mass is 9.95. The molecule has 2 fully saturated rings. The average molecular weight is 357 g/mol. The predicted molar refractivity (Wildman–Crippen MR) is 93.6 cm³/mol. The third-order valence-corrected chi connectivity index (χ3v) is 4.50. The maximum atomic E-state index is 12.1. The molecular weight excluding hydrogens is 332 g/mol. The molecule has 0 bridgehead atoms. The summed E-state index contributed by atoms with van der Waals surface area (Å²) in [6.45, 7) is 0.453. The number of amides is 1. The molecule has 1 saturated heterocycles. The van der Waals surface area contributed by atoms with Crippen molar-refractivity contribution < 1.29 is 19.7 Å². The summed E-state index contributed by atoms with van der Waals surface area (Å²) < 4.78 is 5.83. The van der Waals surface area contributed by atoms with Gasteiger partial charge in [0.25, 0.3) is 0 Å². The van der Waals surface area contributed by atoms with Gasteiger partial charge in [-0.25, -0.2) is 0 Å². The van der Waals surface area contributed by atoms with Crippen LogP contribution in [0.15, 0.2) is 24.3 Å². The lowest BCUT2D eigenvalue weighted by molar-refractivity contribution is -0.117. The summed E-state index contributed by atoms with van der Waals surface area (Å²) in [5, 5.41) is 25.2. The second-order valence-corrected chi connectivity index (χ2v) is 6.37. The number of halogens is 1. The van der Waals surface area contributed by atoms with Crippen LogP contribution in [0.4, 0.5) is 5.69 Å². The molecule has 4 atom stereocenters. The molecule has 0 radical (unpaired) electrons. The second kappa shape index (κ2) is 8.67. The fraction of sp³-hybridized carbons (Fsp3) is 0.588.